The molecule has 1 atom stereocenters. The Morgan fingerprint density at radius 1 is 0.976 bits per heavy atom. The van der Waals surface area contributed by atoms with Crippen molar-refractivity contribution in [2.45, 2.75) is 89.3 Å². The van der Waals surface area contributed by atoms with Gasteiger partial charge in [0.2, 0.25) is 11.8 Å². The molecule has 3 amide bonds. The molecule has 41 heavy (non-hydrogen) atoms. The summed E-state index contributed by atoms with van der Waals surface area (Å²) in [5.74, 6) is 0.608. The molecule has 3 fully saturated rings. The van der Waals surface area contributed by atoms with Crippen molar-refractivity contribution < 1.29 is 14.4 Å². The molecule has 0 radical (unpaired) electrons. The SMILES string of the molecule is CCCCN1C(=O)[C@H](CC2CCCCC2)NC(=O)C12CCN(Cc1ccc(C(=O)Nc3ccccc3)cc1)CC2.Cl. The molecule has 1 aliphatic carbocycles. The summed E-state index contributed by atoms with van der Waals surface area (Å²) in [7, 11) is 0. The summed E-state index contributed by atoms with van der Waals surface area (Å²) in [6.07, 6.45) is 10.1. The lowest BCUT2D eigenvalue weighted by Gasteiger charge is -2.52. The summed E-state index contributed by atoms with van der Waals surface area (Å²) >= 11 is 0. The molecule has 0 unspecified atom stereocenters. The van der Waals surface area contributed by atoms with Crippen LogP contribution in [0.25, 0.3) is 0 Å². The summed E-state index contributed by atoms with van der Waals surface area (Å²) in [5.41, 5.74) is 1.80. The molecule has 2 N–H and O–H groups in total. The van der Waals surface area contributed by atoms with E-state index in [1.165, 1.54) is 32.1 Å². The zero-order valence-corrected chi connectivity index (χ0v) is 25.1. The van der Waals surface area contributed by atoms with Gasteiger partial charge in [-0.15, -0.1) is 12.4 Å². The summed E-state index contributed by atoms with van der Waals surface area (Å²) in [4.78, 5) is 44.4. The second-order valence-electron chi connectivity index (χ2n) is 11.9. The first-order valence-electron chi connectivity index (χ1n) is 15.3. The summed E-state index contributed by atoms with van der Waals surface area (Å²) in [6.45, 7) is 5.07. The summed E-state index contributed by atoms with van der Waals surface area (Å²) < 4.78 is 0. The number of rotatable bonds is 9. The quantitative estimate of drug-likeness (QED) is 0.393. The number of para-hydroxylation sites is 1. The van der Waals surface area contributed by atoms with Crippen molar-refractivity contribution in [3.63, 3.8) is 0 Å². The standard InChI is InChI=1S/C33H44N4O3.ClH/c1-2-3-20-37-31(39)29(23-25-10-6-4-7-11-25)35-32(40)33(37)18-21-36(22-19-33)24-26-14-16-27(17-15-26)30(38)34-28-12-8-5-9-13-28;/h5,8-9,12-17,25,29H,2-4,6-7,10-11,18-24H2,1H3,(H,34,38)(H,35,40);1H/t29-;/m0./s1. The lowest BCUT2D eigenvalue weighted by molar-refractivity contribution is -0.162. The molecule has 5 rings (SSSR count). The minimum Gasteiger partial charge on any atom is -0.342 e. The number of hydrogen-bond donors (Lipinski definition) is 2. The van der Waals surface area contributed by atoms with Gasteiger partial charge in [-0.25, -0.2) is 0 Å². The number of piperidine rings is 1. The number of amides is 3. The molecule has 2 saturated heterocycles. The highest BCUT2D eigenvalue weighted by Gasteiger charge is 2.53. The third-order valence-electron chi connectivity index (χ3n) is 9.18. The first-order valence-corrected chi connectivity index (χ1v) is 15.3. The number of carbonyl (C=O) groups is 3. The molecule has 0 bridgehead atoms. The van der Waals surface area contributed by atoms with Crippen molar-refractivity contribution in [2.24, 2.45) is 5.92 Å². The molecular formula is C33H45ClN4O3. The lowest BCUT2D eigenvalue weighted by atomic mass is 9.79. The van der Waals surface area contributed by atoms with Crippen molar-refractivity contribution in [3.8, 4) is 0 Å². The number of anilines is 1. The van der Waals surface area contributed by atoms with Crippen LogP contribution in [0, 0.1) is 5.92 Å². The monoisotopic (exact) mass is 580 g/mol. The van der Waals surface area contributed by atoms with Gasteiger partial charge in [0.1, 0.15) is 11.6 Å². The van der Waals surface area contributed by atoms with Crippen LogP contribution >= 0.6 is 12.4 Å². The average Bonchev–Trinajstić information content (AvgIpc) is 2.98. The van der Waals surface area contributed by atoms with Gasteiger partial charge in [-0.05, 0) is 61.4 Å². The third kappa shape index (κ3) is 7.31. The minimum atomic E-state index is -0.731. The Balaban J connectivity index is 0.00000387. The van der Waals surface area contributed by atoms with E-state index < -0.39 is 5.54 Å². The van der Waals surface area contributed by atoms with Crippen LogP contribution in [-0.2, 0) is 16.1 Å². The van der Waals surface area contributed by atoms with Crippen molar-refractivity contribution in [1.82, 2.24) is 15.1 Å². The number of benzene rings is 2. The van der Waals surface area contributed by atoms with E-state index in [1.807, 2.05) is 59.5 Å². The van der Waals surface area contributed by atoms with Crippen LogP contribution in [0.5, 0.6) is 0 Å². The molecule has 2 aromatic rings. The Kier molecular flexibility index (Phi) is 10.8. The number of nitrogens with one attached hydrogen (secondary N) is 2. The van der Waals surface area contributed by atoms with Gasteiger partial charge >= 0.3 is 0 Å². The molecule has 1 saturated carbocycles. The normalized spacial score (nSPS) is 21.3. The van der Waals surface area contributed by atoms with Crippen molar-refractivity contribution >= 4 is 35.8 Å². The number of halogens is 1. The van der Waals surface area contributed by atoms with E-state index in [1.54, 1.807) is 0 Å². The van der Waals surface area contributed by atoms with Crippen LogP contribution in [0.1, 0.15) is 87.1 Å². The van der Waals surface area contributed by atoms with E-state index in [-0.39, 0.29) is 36.2 Å². The molecule has 222 valence electrons. The first-order chi connectivity index (χ1) is 19.5. The Morgan fingerprint density at radius 3 is 2.32 bits per heavy atom. The van der Waals surface area contributed by atoms with Crippen molar-refractivity contribution in [2.75, 3.05) is 25.0 Å². The lowest BCUT2D eigenvalue weighted by Crippen LogP contribution is -2.73. The van der Waals surface area contributed by atoms with Gasteiger partial charge in [-0.3, -0.25) is 19.3 Å². The number of hydrogen-bond acceptors (Lipinski definition) is 4. The van der Waals surface area contributed by atoms with Crippen molar-refractivity contribution in [1.29, 1.82) is 0 Å². The van der Waals surface area contributed by atoms with Crippen LogP contribution in [0.15, 0.2) is 54.6 Å². The Morgan fingerprint density at radius 2 is 1.66 bits per heavy atom. The summed E-state index contributed by atoms with van der Waals surface area (Å²) in [5, 5.41) is 6.12. The first kappa shape index (κ1) is 31.0. The van der Waals surface area contributed by atoms with E-state index in [9.17, 15) is 14.4 Å². The Hall–Kier alpha value is -2.90. The van der Waals surface area contributed by atoms with E-state index in [0.29, 0.717) is 30.9 Å². The molecular weight excluding hydrogens is 536 g/mol. The molecule has 7 nitrogen and oxygen atoms in total. The number of unbranched alkanes of at least 4 members (excludes halogenated alkanes) is 1. The smallest absolute Gasteiger partial charge is 0.255 e. The van der Waals surface area contributed by atoms with Crippen LogP contribution in [-0.4, -0.2) is 58.7 Å². The zero-order valence-electron chi connectivity index (χ0n) is 24.3. The highest BCUT2D eigenvalue weighted by atomic mass is 35.5. The highest BCUT2D eigenvalue weighted by molar-refractivity contribution is 6.04. The fourth-order valence-corrected chi connectivity index (χ4v) is 6.75. The molecule has 0 aromatic heterocycles. The van der Waals surface area contributed by atoms with Gasteiger partial charge in [0.25, 0.3) is 5.91 Å². The van der Waals surface area contributed by atoms with E-state index >= 15 is 0 Å². The molecule has 1 spiro atoms. The predicted octanol–water partition coefficient (Wildman–Crippen LogP) is 5.79. The maximum absolute atomic E-state index is 13.8. The fourth-order valence-electron chi connectivity index (χ4n) is 6.75. The molecule has 2 aliphatic heterocycles. The Labute approximate surface area is 250 Å². The second-order valence-corrected chi connectivity index (χ2v) is 11.9. The topological polar surface area (TPSA) is 81.8 Å². The number of carbonyl (C=O) groups excluding carboxylic acids is 3. The molecule has 3 aliphatic rings. The van der Waals surface area contributed by atoms with E-state index in [4.69, 9.17) is 0 Å². The third-order valence-corrected chi connectivity index (χ3v) is 9.18. The average molecular weight is 581 g/mol. The minimum absolute atomic E-state index is 0. The largest absolute Gasteiger partial charge is 0.342 e. The maximum atomic E-state index is 13.8. The van der Waals surface area contributed by atoms with Gasteiger partial charge in [-0.1, -0.05) is 75.8 Å². The maximum Gasteiger partial charge on any atom is 0.255 e. The number of nitrogens with zero attached hydrogens (tertiary/aromatic N) is 2. The molecule has 8 heteroatoms. The fraction of sp³-hybridized carbons (Fsp3) is 0.545. The zero-order chi connectivity index (χ0) is 28.0. The van der Waals surface area contributed by atoms with Crippen molar-refractivity contribution in [3.05, 3.63) is 65.7 Å². The number of piperazine rings is 1. The number of likely N-dealkylation sites (tertiary alicyclic amines) is 1. The van der Waals surface area contributed by atoms with Crippen LogP contribution in [0.3, 0.4) is 0 Å². The summed E-state index contributed by atoms with van der Waals surface area (Å²) in [6, 6.07) is 16.8. The van der Waals surface area contributed by atoms with Crippen LogP contribution < -0.4 is 10.6 Å². The molecule has 2 heterocycles. The van der Waals surface area contributed by atoms with Crippen LogP contribution in [0.2, 0.25) is 0 Å². The van der Waals surface area contributed by atoms with Gasteiger partial charge < -0.3 is 15.5 Å². The molecule has 2 aromatic carbocycles. The van der Waals surface area contributed by atoms with Crippen LogP contribution in [0.4, 0.5) is 5.69 Å². The predicted molar refractivity (Wildman–Crippen MR) is 165 cm³/mol. The second kappa shape index (κ2) is 14.3. The Bertz CT molecular complexity index is 1160. The van der Waals surface area contributed by atoms with Gasteiger partial charge in [0.15, 0.2) is 0 Å². The van der Waals surface area contributed by atoms with Gasteiger partial charge in [-0.2, -0.15) is 0 Å². The van der Waals surface area contributed by atoms with Gasteiger partial charge in [0.05, 0.1) is 0 Å². The van der Waals surface area contributed by atoms with E-state index in [2.05, 4.69) is 22.5 Å². The van der Waals surface area contributed by atoms with Gasteiger partial charge in [0, 0.05) is 37.4 Å². The van der Waals surface area contributed by atoms with E-state index in [0.717, 1.165) is 50.1 Å². The highest BCUT2D eigenvalue weighted by Crippen LogP contribution is 2.36.